The van der Waals surface area contributed by atoms with Crippen LogP contribution in [0.25, 0.3) is 0 Å². The monoisotopic (exact) mass is 289 g/mol. The molecule has 0 spiro atoms. The van der Waals surface area contributed by atoms with Crippen LogP contribution in [0, 0.1) is 17.8 Å². The molecule has 2 aliphatic carbocycles. The predicted molar refractivity (Wildman–Crippen MR) is 85.9 cm³/mol. The highest BCUT2D eigenvalue weighted by Crippen LogP contribution is 2.49. The zero-order valence-electron chi connectivity index (χ0n) is 13.1. The summed E-state index contributed by atoms with van der Waals surface area (Å²) in [5.41, 5.74) is 3.81. The van der Waals surface area contributed by atoms with Gasteiger partial charge in [-0.05, 0) is 50.4 Å². The molecular weight excluding hydrogens is 262 g/mol. The van der Waals surface area contributed by atoms with Crippen LogP contribution in [0.5, 0.6) is 0 Å². The molecule has 116 valence electrons. The first-order valence-electron chi connectivity index (χ1n) is 8.30. The lowest BCUT2D eigenvalue weighted by atomic mass is 9.84. The van der Waals surface area contributed by atoms with Crippen molar-refractivity contribution in [3.05, 3.63) is 11.9 Å². The molecule has 2 fully saturated rings. The van der Waals surface area contributed by atoms with E-state index in [0.29, 0.717) is 6.04 Å². The van der Waals surface area contributed by atoms with Crippen molar-refractivity contribution >= 4 is 11.6 Å². The minimum absolute atomic E-state index is 0.469. The Labute approximate surface area is 127 Å². The smallest absolute Gasteiger partial charge is 0.148 e. The van der Waals surface area contributed by atoms with Gasteiger partial charge in [-0.3, -0.25) is 0 Å². The third kappa shape index (κ3) is 2.84. The summed E-state index contributed by atoms with van der Waals surface area (Å²) in [7, 11) is 0. The standard InChI is InChI=1S/C16H27N5/c1-3-4-13-15(18-9-19-16(13)21-17)20-10(2)14-8-11-5-6-12(14)7-11/h9-12,14H,3-8,17H2,1-2H3,(H2,18,19,20,21). The van der Waals surface area contributed by atoms with Crippen LogP contribution in [0.2, 0.25) is 0 Å². The molecule has 3 rings (SSSR count). The van der Waals surface area contributed by atoms with Gasteiger partial charge in [0.05, 0.1) is 0 Å². The second-order valence-corrected chi connectivity index (χ2v) is 6.72. The normalized spacial score (nSPS) is 28.6. The van der Waals surface area contributed by atoms with E-state index in [9.17, 15) is 0 Å². The van der Waals surface area contributed by atoms with Crippen molar-refractivity contribution in [3.8, 4) is 0 Å². The predicted octanol–water partition coefficient (Wildman–Crippen LogP) is 2.95. The Morgan fingerprint density at radius 1 is 1.29 bits per heavy atom. The van der Waals surface area contributed by atoms with Crippen molar-refractivity contribution in [1.82, 2.24) is 9.97 Å². The molecule has 2 saturated carbocycles. The van der Waals surface area contributed by atoms with Crippen LogP contribution < -0.4 is 16.6 Å². The van der Waals surface area contributed by atoms with Crippen LogP contribution in [0.4, 0.5) is 11.6 Å². The van der Waals surface area contributed by atoms with E-state index in [1.54, 1.807) is 6.33 Å². The Balaban J connectivity index is 1.74. The van der Waals surface area contributed by atoms with Gasteiger partial charge in [0.15, 0.2) is 0 Å². The van der Waals surface area contributed by atoms with Crippen LogP contribution in [-0.2, 0) is 6.42 Å². The van der Waals surface area contributed by atoms with Gasteiger partial charge in [0.2, 0.25) is 0 Å². The molecule has 0 aromatic carbocycles. The van der Waals surface area contributed by atoms with Gasteiger partial charge in [0.1, 0.15) is 18.0 Å². The van der Waals surface area contributed by atoms with Crippen LogP contribution in [-0.4, -0.2) is 16.0 Å². The molecule has 2 aliphatic rings. The highest BCUT2D eigenvalue weighted by Gasteiger charge is 2.41. The first-order chi connectivity index (χ1) is 10.2. The van der Waals surface area contributed by atoms with E-state index in [2.05, 4.69) is 34.6 Å². The number of rotatable bonds is 6. The van der Waals surface area contributed by atoms with E-state index < -0.39 is 0 Å². The number of hydrogen-bond donors (Lipinski definition) is 3. The maximum absolute atomic E-state index is 5.58. The average molecular weight is 289 g/mol. The first kappa shape index (κ1) is 14.6. The lowest BCUT2D eigenvalue weighted by Gasteiger charge is -2.29. The summed E-state index contributed by atoms with van der Waals surface area (Å²) in [4.78, 5) is 8.69. The molecule has 1 aromatic rings. The lowest BCUT2D eigenvalue weighted by molar-refractivity contribution is 0.304. The number of hydrazine groups is 1. The number of fused-ring (bicyclic) bond motifs is 2. The molecule has 21 heavy (non-hydrogen) atoms. The van der Waals surface area contributed by atoms with Crippen molar-refractivity contribution < 1.29 is 0 Å². The van der Waals surface area contributed by atoms with Gasteiger partial charge in [-0.1, -0.05) is 19.8 Å². The van der Waals surface area contributed by atoms with E-state index in [1.807, 2.05) is 0 Å². The molecule has 0 aliphatic heterocycles. The van der Waals surface area contributed by atoms with Crippen molar-refractivity contribution in [3.63, 3.8) is 0 Å². The summed E-state index contributed by atoms with van der Waals surface area (Å²) in [5, 5.41) is 3.65. The van der Waals surface area contributed by atoms with Crippen LogP contribution in [0.1, 0.15) is 51.5 Å². The van der Waals surface area contributed by atoms with Gasteiger partial charge in [-0.25, -0.2) is 15.8 Å². The third-order valence-corrected chi connectivity index (χ3v) is 5.38. The quantitative estimate of drug-likeness (QED) is 0.554. The van der Waals surface area contributed by atoms with Crippen LogP contribution in [0.15, 0.2) is 6.33 Å². The Morgan fingerprint density at radius 2 is 2.10 bits per heavy atom. The number of nitrogens with one attached hydrogen (secondary N) is 2. The maximum atomic E-state index is 5.58. The molecule has 0 radical (unpaired) electrons. The summed E-state index contributed by atoms with van der Waals surface area (Å²) in [6.45, 7) is 4.47. The fourth-order valence-corrected chi connectivity index (χ4v) is 4.38. The first-order valence-corrected chi connectivity index (χ1v) is 8.30. The minimum atomic E-state index is 0.469. The molecule has 0 saturated heterocycles. The van der Waals surface area contributed by atoms with Crippen molar-refractivity contribution in [1.29, 1.82) is 0 Å². The second-order valence-electron chi connectivity index (χ2n) is 6.72. The van der Waals surface area contributed by atoms with E-state index in [4.69, 9.17) is 5.84 Å². The summed E-state index contributed by atoms with van der Waals surface area (Å²) in [6.07, 6.45) is 9.27. The van der Waals surface area contributed by atoms with Crippen LogP contribution >= 0.6 is 0 Å². The van der Waals surface area contributed by atoms with Gasteiger partial charge in [0.25, 0.3) is 0 Å². The summed E-state index contributed by atoms with van der Waals surface area (Å²) in [5.74, 6) is 9.97. The van der Waals surface area contributed by atoms with Gasteiger partial charge in [0, 0.05) is 11.6 Å². The molecule has 5 nitrogen and oxygen atoms in total. The van der Waals surface area contributed by atoms with Gasteiger partial charge in [-0.2, -0.15) is 0 Å². The molecular formula is C16H27N5. The maximum Gasteiger partial charge on any atom is 0.148 e. The molecule has 5 heteroatoms. The van der Waals surface area contributed by atoms with Crippen molar-refractivity contribution in [2.75, 3.05) is 10.7 Å². The Hall–Kier alpha value is -1.36. The zero-order valence-corrected chi connectivity index (χ0v) is 13.1. The van der Waals surface area contributed by atoms with Crippen molar-refractivity contribution in [2.24, 2.45) is 23.6 Å². The molecule has 1 heterocycles. The Kier molecular flexibility index (Phi) is 4.29. The molecule has 4 unspecified atom stereocenters. The molecule has 4 N–H and O–H groups in total. The number of nitrogen functional groups attached to an aromatic ring is 1. The van der Waals surface area contributed by atoms with E-state index in [-0.39, 0.29) is 0 Å². The number of nitrogens with zero attached hydrogens (tertiary/aromatic N) is 2. The summed E-state index contributed by atoms with van der Waals surface area (Å²) < 4.78 is 0. The fourth-order valence-electron chi connectivity index (χ4n) is 4.38. The topological polar surface area (TPSA) is 75.9 Å². The number of hydrogen-bond acceptors (Lipinski definition) is 5. The van der Waals surface area contributed by atoms with Gasteiger partial charge in [-0.15, -0.1) is 0 Å². The SMILES string of the molecule is CCCc1c(NN)ncnc1NC(C)C1CC2CCC1C2. The highest BCUT2D eigenvalue weighted by molar-refractivity contribution is 5.57. The lowest BCUT2D eigenvalue weighted by Crippen LogP contribution is -2.31. The summed E-state index contributed by atoms with van der Waals surface area (Å²) >= 11 is 0. The van der Waals surface area contributed by atoms with E-state index in [1.165, 1.54) is 25.7 Å². The molecule has 2 bridgehead atoms. The number of anilines is 2. The zero-order chi connectivity index (χ0) is 14.8. The Bertz CT molecular complexity index is 490. The third-order valence-electron chi connectivity index (χ3n) is 5.38. The summed E-state index contributed by atoms with van der Waals surface area (Å²) in [6, 6.07) is 0.469. The average Bonchev–Trinajstić information content (AvgIpc) is 3.12. The Morgan fingerprint density at radius 3 is 2.71 bits per heavy atom. The van der Waals surface area contributed by atoms with E-state index >= 15 is 0 Å². The van der Waals surface area contributed by atoms with E-state index in [0.717, 1.165) is 47.8 Å². The van der Waals surface area contributed by atoms with Crippen molar-refractivity contribution in [2.45, 2.75) is 58.4 Å². The van der Waals surface area contributed by atoms with Crippen LogP contribution in [0.3, 0.4) is 0 Å². The van der Waals surface area contributed by atoms with Gasteiger partial charge < -0.3 is 10.7 Å². The molecule has 4 atom stereocenters. The van der Waals surface area contributed by atoms with Gasteiger partial charge >= 0.3 is 0 Å². The minimum Gasteiger partial charge on any atom is -0.367 e. The fraction of sp³-hybridized carbons (Fsp3) is 0.750. The molecule has 1 aromatic heterocycles. The largest absolute Gasteiger partial charge is 0.367 e. The number of nitrogens with two attached hydrogens (primary N) is 1. The highest BCUT2D eigenvalue weighted by atomic mass is 15.3. The second kappa shape index (κ2) is 6.18. The molecule has 0 amide bonds. The number of aromatic nitrogens is 2.